The highest BCUT2D eigenvalue weighted by atomic mass is 16.5. The van der Waals surface area contributed by atoms with Crippen LogP contribution in [0.25, 0.3) is 0 Å². The van der Waals surface area contributed by atoms with Crippen LogP contribution in [0.5, 0.6) is 5.75 Å². The van der Waals surface area contributed by atoms with Crippen molar-refractivity contribution in [3.05, 3.63) is 24.3 Å². The average Bonchev–Trinajstić information content (AvgIpc) is 2.77. The molecule has 0 atom stereocenters. The molecule has 4 fully saturated rings. The summed E-state index contributed by atoms with van der Waals surface area (Å²) < 4.78 is 12.4. The largest absolute Gasteiger partial charge is 0.490 e. The number of likely N-dealkylation sites (tertiary alicyclic amines) is 1. The molecule has 3 aliphatic heterocycles. The number of carbonyl (C=O) groups excluding carboxylic acids is 1. The van der Waals surface area contributed by atoms with Gasteiger partial charge in [0.25, 0.3) is 0 Å². The van der Waals surface area contributed by atoms with Gasteiger partial charge in [-0.1, -0.05) is 0 Å². The molecule has 1 spiro atoms. The van der Waals surface area contributed by atoms with E-state index in [-0.39, 0.29) is 18.1 Å². The van der Waals surface area contributed by atoms with Crippen molar-refractivity contribution in [2.45, 2.75) is 82.6 Å². The predicted molar refractivity (Wildman–Crippen MR) is 126 cm³/mol. The summed E-state index contributed by atoms with van der Waals surface area (Å²) >= 11 is 0. The van der Waals surface area contributed by atoms with Crippen molar-refractivity contribution in [3.63, 3.8) is 0 Å². The van der Waals surface area contributed by atoms with Crippen molar-refractivity contribution in [1.82, 2.24) is 9.80 Å². The van der Waals surface area contributed by atoms with Crippen LogP contribution < -0.4 is 9.64 Å². The van der Waals surface area contributed by atoms with Crippen LogP contribution in [-0.4, -0.2) is 78.8 Å². The van der Waals surface area contributed by atoms with Crippen molar-refractivity contribution >= 4 is 11.6 Å². The molecule has 1 aliphatic carbocycles. The molecular formula is C26H39N3O3. The molecule has 3 saturated heterocycles. The highest BCUT2D eigenvalue weighted by Crippen LogP contribution is 2.36. The second kappa shape index (κ2) is 9.22. The van der Waals surface area contributed by atoms with Gasteiger partial charge < -0.3 is 24.2 Å². The summed E-state index contributed by atoms with van der Waals surface area (Å²) in [6.07, 6.45) is 8.09. The van der Waals surface area contributed by atoms with E-state index >= 15 is 0 Å². The molecule has 0 bridgehead atoms. The Labute approximate surface area is 192 Å². The number of piperidine rings is 2. The number of carbonyl (C=O) groups is 1. The number of ether oxygens (including phenoxy) is 2. The first-order valence-corrected chi connectivity index (χ1v) is 12.7. The highest BCUT2D eigenvalue weighted by molar-refractivity contribution is 5.78. The van der Waals surface area contributed by atoms with Gasteiger partial charge in [-0.05, 0) is 83.1 Å². The number of hydrogen-bond acceptors (Lipinski definition) is 5. The monoisotopic (exact) mass is 441 g/mol. The summed E-state index contributed by atoms with van der Waals surface area (Å²) in [5, 5.41) is 0. The minimum absolute atomic E-state index is 0.145. The van der Waals surface area contributed by atoms with Crippen LogP contribution in [0.1, 0.15) is 58.8 Å². The predicted octanol–water partition coefficient (Wildman–Crippen LogP) is 3.69. The third-order valence-corrected chi connectivity index (χ3v) is 8.18. The third-order valence-electron chi connectivity index (χ3n) is 8.18. The number of amides is 1. The molecule has 0 N–H and O–H groups in total. The zero-order chi connectivity index (χ0) is 22.1. The van der Waals surface area contributed by atoms with E-state index in [2.05, 4.69) is 52.8 Å². The van der Waals surface area contributed by atoms with Crippen LogP contribution in [0.15, 0.2) is 24.3 Å². The van der Waals surface area contributed by atoms with E-state index in [0.717, 1.165) is 64.2 Å². The second-order valence-electron chi connectivity index (χ2n) is 10.5. The number of morpholine rings is 1. The summed E-state index contributed by atoms with van der Waals surface area (Å²) in [6.45, 7) is 9.79. The fraction of sp³-hybridized carbons (Fsp3) is 0.731. The van der Waals surface area contributed by atoms with Crippen molar-refractivity contribution in [3.8, 4) is 5.75 Å². The number of rotatable bonds is 5. The Balaban J connectivity index is 1.12. The lowest BCUT2D eigenvalue weighted by Crippen LogP contribution is -2.61. The first-order chi connectivity index (χ1) is 15.5. The molecule has 6 heteroatoms. The second-order valence-corrected chi connectivity index (χ2v) is 10.5. The lowest BCUT2D eigenvalue weighted by molar-refractivity contribution is -0.174. The van der Waals surface area contributed by atoms with Crippen molar-refractivity contribution < 1.29 is 14.3 Å². The van der Waals surface area contributed by atoms with Crippen molar-refractivity contribution in [2.24, 2.45) is 0 Å². The summed E-state index contributed by atoms with van der Waals surface area (Å²) in [6, 6.07) is 9.74. The van der Waals surface area contributed by atoms with Gasteiger partial charge in [0.2, 0.25) is 5.91 Å². The van der Waals surface area contributed by atoms with E-state index in [0.29, 0.717) is 18.2 Å². The Bertz CT molecular complexity index is 776. The quantitative estimate of drug-likeness (QED) is 0.697. The van der Waals surface area contributed by atoms with Gasteiger partial charge in [0.1, 0.15) is 18.5 Å². The molecule has 4 aliphatic rings. The van der Waals surface area contributed by atoms with E-state index in [1.54, 1.807) is 0 Å². The lowest BCUT2D eigenvalue weighted by atomic mass is 9.85. The first kappa shape index (κ1) is 22.0. The van der Waals surface area contributed by atoms with Crippen molar-refractivity contribution in [2.75, 3.05) is 44.2 Å². The van der Waals surface area contributed by atoms with Crippen LogP contribution in [0.4, 0.5) is 5.69 Å². The fourth-order valence-corrected chi connectivity index (χ4v) is 5.69. The average molecular weight is 442 g/mol. The molecule has 5 rings (SSSR count). The Morgan fingerprint density at radius 2 is 1.69 bits per heavy atom. The van der Waals surface area contributed by atoms with Gasteiger partial charge in [-0.2, -0.15) is 0 Å². The van der Waals surface area contributed by atoms with E-state index in [1.807, 2.05) is 0 Å². The highest BCUT2D eigenvalue weighted by Gasteiger charge is 2.45. The first-order valence-electron chi connectivity index (χ1n) is 12.7. The SMILES string of the molecule is CC(C)N1CCC(Oc2ccc(N3CCC4(CC3)CN(C3CCC3)C(=O)CO4)cc2)CC1. The molecule has 1 amide bonds. The molecule has 1 saturated carbocycles. The smallest absolute Gasteiger partial charge is 0.248 e. The molecule has 0 unspecified atom stereocenters. The summed E-state index contributed by atoms with van der Waals surface area (Å²) in [4.78, 5) is 19.4. The van der Waals surface area contributed by atoms with Crippen LogP contribution in [0.3, 0.4) is 0 Å². The Morgan fingerprint density at radius 1 is 1.00 bits per heavy atom. The van der Waals surface area contributed by atoms with Crippen LogP contribution >= 0.6 is 0 Å². The maximum absolute atomic E-state index is 12.3. The summed E-state index contributed by atoms with van der Waals surface area (Å²) in [7, 11) is 0. The van der Waals surface area contributed by atoms with Crippen LogP contribution in [0.2, 0.25) is 0 Å². The topological polar surface area (TPSA) is 45.2 Å². The standard InChI is InChI=1S/C26H39N3O3/c1-20(2)27-14-10-24(11-15-27)32-23-8-6-21(7-9-23)28-16-12-26(13-17-28)19-29(22-4-3-5-22)25(30)18-31-26/h6-9,20,22,24H,3-5,10-19H2,1-2H3. The van der Waals surface area contributed by atoms with Crippen molar-refractivity contribution in [1.29, 1.82) is 0 Å². The fourth-order valence-electron chi connectivity index (χ4n) is 5.69. The molecule has 6 nitrogen and oxygen atoms in total. The van der Waals surface area contributed by atoms with Gasteiger partial charge in [-0.15, -0.1) is 0 Å². The Hall–Kier alpha value is -1.79. The zero-order valence-electron chi connectivity index (χ0n) is 19.8. The summed E-state index contributed by atoms with van der Waals surface area (Å²) in [5.74, 6) is 1.17. The maximum atomic E-state index is 12.3. The minimum Gasteiger partial charge on any atom is -0.490 e. The lowest BCUT2D eigenvalue weighted by Gasteiger charge is -2.50. The molecular weight excluding hydrogens is 402 g/mol. The maximum Gasteiger partial charge on any atom is 0.248 e. The summed E-state index contributed by atoms with van der Waals surface area (Å²) in [5.41, 5.74) is 1.11. The Kier molecular flexibility index (Phi) is 6.35. The van der Waals surface area contributed by atoms with E-state index in [9.17, 15) is 4.79 Å². The van der Waals surface area contributed by atoms with Gasteiger partial charge in [0.15, 0.2) is 0 Å². The number of nitrogens with zero attached hydrogens (tertiary/aromatic N) is 3. The van der Waals surface area contributed by atoms with Gasteiger partial charge >= 0.3 is 0 Å². The molecule has 1 aromatic rings. The van der Waals surface area contributed by atoms with Crippen LogP contribution in [0, 0.1) is 0 Å². The van der Waals surface area contributed by atoms with E-state index < -0.39 is 0 Å². The van der Waals surface area contributed by atoms with Gasteiger partial charge in [-0.3, -0.25) is 4.79 Å². The number of hydrogen-bond donors (Lipinski definition) is 0. The van der Waals surface area contributed by atoms with Gasteiger partial charge in [0.05, 0.1) is 12.1 Å². The van der Waals surface area contributed by atoms with Gasteiger partial charge in [0, 0.05) is 44.0 Å². The van der Waals surface area contributed by atoms with Crippen LogP contribution in [-0.2, 0) is 9.53 Å². The molecule has 1 aromatic carbocycles. The molecule has 3 heterocycles. The zero-order valence-corrected chi connectivity index (χ0v) is 19.8. The number of benzene rings is 1. The molecule has 0 radical (unpaired) electrons. The third kappa shape index (κ3) is 4.62. The number of anilines is 1. The van der Waals surface area contributed by atoms with E-state index in [4.69, 9.17) is 9.47 Å². The van der Waals surface area contributed by atoms with Gasteiger partial charge in [-0.25, -0.2) is 0 Å². The molecule has 0 aromatic heterocycles. The Morgan fingerprint density at radius 3 is 2.28 bits per heavy atom. The van der Waals surface area contributed by atoms with E-state index in [1.165, 1.54) is 24.9 Å². The molecule has 32 heavy (non-hydrogen) atoms. The normalized spacial score (nSPS) is 25.4. The minimum atomic E-state index is -0.145. The molecule has 176 valence electrons.